The van der Waals surface area contributed by atoms with Crippen molar-refractivity contribution < 1.29 is 0 Å². The summed E-state index contributed by atoms with van der Waals surface area (Å²) in [7, 11) is 0. The van der Waals surface area contributed by atoms with E-state index in [2.05, 4.69) is 49.5 Å². The molecular weight excluding hydrogens is 228 g/mol. The number of hydrogen-bond acceptors (Lipinski definition) is 3. The molecule has 0 amide bonds. The van der Waals surface area contributed by atoms with Crippen LogP contribution in [0.25, 0.3) is 0 Å². The third kappa shape index (κ3) is 6.71. The fourth-order valence-electron chi connectivity index (χ4n) is 1.52. The first-order chi connectivity index (χ1) is 8.14. The average Bonchev–Trinajstić information content (AvgIpc) is 2.34. The molecule has 3 heteroatoms. The number of rotatable bonds is 8. The molecule has 0 atom stereocenters. The summed E-state index contributed by atoms with van der Waals surface area (Å²) in [6, 6.07) is 10.6. The molecule has 0 radical (unpaired) electrons. The molecule has 2 nitrogen and oxygen atoms in total. The van der Waals surface area contributed by atoms with E-state index in [-0.39, 0.29) is 4.75 Å². The highest BCUT2D eigenvalue weighted by atomic mass is 32.2. The van der Waals surface area contributed by atoms with E-state index in [0.717, 1.165) is 31.8 Å². The predicted molar refractivity (Wildman–Crippen MR) is 78.4 cm³/mol. The number of thioether (sulfide) groups is 1. The molecule has 0 unspecified atom stereocenters. The van der Waals surface area contributed by atoms with Crippen LogP contribution in [-0.4, -0.2) is 24.4 Å². The van der Waals surface area contributed by atoms with Gasteiger partial charge < -0.3 is 11.1 Å². The lowest BCUT2D eigenvalue weighted by Gasteiger charge is -2.24. The van der Waals surface area contributed by atoms with Gasteiger partial charge in [-0.25, -0.2) is 0 Å². The smallest absolute Gasteiger partial charge is 0.0231 e. The van der Waals surface area contributed by atoms with Crippen LogP contribution in [0.2, 0.25) is 0 Å². The monoisotopic (exact) mass is 252 g/mol. The van der Waals surface area contributed by atoms with Gasteiger partial charge in [-0.2, -0.15) is 0 Å². The summed E-state index contributed by atoms with van der Waals surface area (Å²) in [6.45, 7) is 7.40. The van der Waals surface area contributed by atoms with E-state index in [4.69, 9.17) is 5.73 Å². The van der Waals surface area contributed by atoms with Crippen molar-refractivity contribution >= 4 is 11.8 Å². The maximum absolute atomic E-state index is 5.47. The van der Waals surface area contributed by atoms with Crippen molar-refractivity contribution in [3.8, 4) is 0 Å². The molecule has 1 rings (SSSR count). The Morgan fingerprint density at radius 1 is 1.24 bits per heavy atom. The Kier molecular flexibility index (Phi) is 6.63. The van der Waals surface area contributed by atoms with Crippen LogP contribution >= 0.6 is 11.8 Å². The zero-order valence-electron chi connectivity index (χ0n) is 10.9. The minimum Gasteiger partial charge on any atom is -0.330 e. The molecule has 3 N–H and O–H groups in total. The summed E-state index contributed by atoms with van der Waals surface area (Å²) in [5.41, 5.74) is 6.86. The molecule has 0 saturated heterocycles. The summed E-state index contributed by atoms with van der Waals surface area (Å²) in [5.74, 6) is 1.08. The molecule has 0 heterocycles. The number of hydrogen-bond donors (Lipinski definition) is 2. The molecule has 0 fully saturated rings. The van der Waals surface area contributed by atoms with Crippen LogP contribution < -0.4 is 11.1 Å². The first-order valence-electron chi connectivity index (χ1n) is 6.23. The Balaban J connectivity index is 2.24. The van der Waals surface area contributed by atoms with Gasteiger partial charge in [-0.15, -0.1) is 11.8 Å². The number of nitrogens with two attached hydrogens (primary N) is 1. The maximum Gasteiger partial charge on any atom is 0.0231 e. The van der Waals surface area contributed by atoms with Gasteiger partial charge in [-0.1, -0.05) is 30.3 Å². The van der Waals surface area contributed by atoms with E-state index >= 15 is 0 Å². The molecule has 0 bridgehead atoms. The highest BCUT2D eigenvalue weighted by Crippen LogP contribution is 2.27. The largest absolute Gasteiger partial charge is 0.330 e. The molecule has 1 aromatic carbocycles. The van der Waals surface area contributed by atoms with Crippen LogP contribution in [0.4, 0.5) is 0 Å². The Hall–Kier alpha value is -0.510. The molecule has 0 saturated carbocycles. The predicted octanol–water partition coefficient (Wildman–Crippen LogP) is 2.64. The van der Waals surface area contributed by atoms with Crippen LogP contribution in [0.1, 0.15) is 25.8 Å². The van der Waals surface area contributed by atoms with Crippen LogP contribution in [0.15, 0.2) is 30.3 Å². The normalized spacial score (nSPS) is 11.7. The highest BCUT2D eigenvalue weighted by Gasteiger charge is 2.17. The van der Waals surface area contributed by atoms with Crippen molar-refractivity contribution in [2.75, 3.05) is 19.6 Å². The molecule has 0 aliphatic heterocycles. The maximum atomic E-state index is 5.47. The lowest BCUT2D eigenvalue weighted by Crippen LogP contribution is -2.33. The third-order valence-electron chi connectivity index (χ3n) is 2.58. The molecular formula is C14H24N2S. The van der Waals surface area contributed by atoms with Crippen LogP contribution in [0.3, 0.4) is 0 Å². The van der Waals surface area contributed by atoms with E-state index in [9.17, 15) is 0 Å². The number of benzene rings is 1. The zero-order valence-corrected chi connectivity index (χ0v) is 11.7. The fraction of sp³-hybridized carbons (Fsp3) is 0.571. The van der Waals surface area contributed by atoms with Crippen LogP contribution in [0.5, 0.6) is 0 Å². The van der Waals surface area contributed by atoms with Crippen LogP contribution in [0, 0.1) is 0 Å². The van der Waals surface area contributed by atoms with Gasteiger partial charge in [0.1, 0.15) is 0 Å². The van der Waals surface area contributed by atoms with Crippen molar-refractivity contribution in [1.29, 1.82) is 0 Å². The SMILES string of the molecule is CC(C)(CNCCCN)SCc1ccccc1. The van der Waals surface area contributed by atoms with Crippen molar-refractivity contribution in [3.05, 3.63) is 35.9 Å². The van der Waals surface area contributed by atoms with E-state index in [1.165, 1.54) is 5.56 Å². The second-order valence-corrected chi connectivity index (χ2v) is 6.54. The lowest BCUT2D eigenvalue weighted by molar-refractivity contribution is 0.578. The molecule has 17 heavy (non-hydrogen) atoms. The van der Waals surface area contributed by atoms with E-state index < -0.39 is 0 Å². The van der Waals surface area contributed by atoms with Gasteiger partial charge in [0, 0.05) is 17.0 Å². The summed E-state index contributed by atoms with van der Waals surface area (Å²) in [4.78, 5) is 0. The van der Waals surface area contributed by atoms with Crippen LogP contribution in [-0.2, 0) is 5.75 Å². The molecule has 0 aliphatic carbocycles. The molecule has 0 aliphatic rings. The Labute approximate surface area is 109 Å². The molecule has 96 valence electrons. The first-order valence-corrected chi connectivity index (χ1v) is 7.21. The molecule has 0 spiro atoms. The minimum absolute atomic E-state index is 0.268. The Morgan fingerprint density at radius 2 is 1.94 bits per heavy atom. The van der Waals surface area contributed by atoms with Crippen molar-refractivity contribution in [1.82, 2.24) is 5.32 Å². The second kappa shape index (κ2) is 7.75. The first kappa shape index (κ1) is 14.6. The standard InChI is InChI=1S/C14H24N2S/c1-14(2,12-16-10-6-9-15)17-11-13-7-4-3-5-8-13/h3-5,7-8,16H,6,9-12,15H2,1-2H3. The summed E-state index contributed by atoms with van der Waals surface area (Å²) in [6.07, 6.45) is 1.05. The quantitative estimate of drug-likeness (QED) is 0.699. The van der Waals surface area contributed by atoms with Gasteiger partial charge in [0.15, 0.2) is 0 Å². The van der Waals surface area contributed by atoms with Gasteiger partial charge in [0.25, 0.3) is 0 Å². The van der Waals surface area contributed by atoms with Gasteiger partial charge in [-0.3, -0.25) is 0 Å². The zero-order chi connectivity index (χ0) is 12.6. The molecule has 0 aromatic heterocycles. The van der Waals surface area contributed by atoms with E-state index in [1.54, 1.807) is 0 Å². The van der Waals surface area contributed by atoms with E-state index in [0.29, 0.717) is 0 Å². The fourth-order valence-corrected chi connectivity index (χ4v) is 2.47. The van der Waals surface area contributed by atoms with Gasteiger partial charge >= 0.3 is 0 Å². The highest BCUT2D eigenvalue weighted by molar-refractivity contribution is 7.99. The third-order valence-corrected chi connectivity index (χ3v) is 3.98. The number of nitrogens with one attached hydrogen (secondary N) is 1. The van der Waals surface area contributed by atoms with Gasteiger partial charge in [0.05, 0.1) is 0 Å². The summed E-state index contributed by atoms with van der Waals surface area (Å²) >= 11 is 2.00. The summed E-state index contributed by atoms with van der Waals surface area (Å²) in [5, 5.41) is 3.46. The molecule has 1 aromatic rings. The van der Waals surface area contributed by atoms with Crippen molar-refractivity contribution in [3.63, 3.8) is 0 Å². The van der Waals surface area contributed by atoms with Gasteiger partial charge in [0.2, 0.25) is 0 Å². The second-order valence-electron chi connectivity index (χ2n) is 4.85. The summed E-state index contributed by atoms with van der Waals surface area (Å²) < 4.78 is 0.268. The van der Waals surface area contributed by atoms with E-state index in [1.807, 2.05) is 11.8 Å². The average molecular weight is 252 g/mol. The van der Waals surface area contributed by atoms with Crippen molar-refractivity contribution in [2.45, 2.75) is 30.8 Å². The lowest BCUT2D eigenvalue weighted by atomic mass is 10.2. The Bertz CT molecular complexity index is 298. The van der Waals surface area contributed by atoms with Gasteiger partial charge in [-0.05, 0) is 38.9 Å². The van der Waals surface area contributed by atoms with Crippen molar-refractivity contribution in [2.24, 2.45) is 5.73 Å². The Morgan fingerprint density at radius 3 is 2.59 bits per heavy atom. The minimum atomic E-state index is 0.268. The topological polar surface area (TPSA) is 38.0 Å².